The second-order valence-corrected chi connectivity index (χ2v) is 6.79. The van der Waals surface area contributed by atoms with Crippen molar-refractivity contribution >= 4 is 5.91 Å². The molecule has 0 unspecified atom stereocenters. The third-order valence-electron chi connectivity index (χ3n) is 4.59. The molecular formula is C24H25NO2. The van der Waals surface area contributed by atoms with Gasteiger partial charge in [0.25, 0.3) is 5.91 Å². The highest BCUT2D eigenvalue weighted by molar-refractivity contribution is 5.81. The van der Waals surface area contributed by atoms with Crippen molar-refractivity contribution < 1.29 is 9.53 Å². The van der Waals surface area contributed by atoms with Crippen molar-refractivity contribution in [3.05, 3.63) is 101 Å². The number of hydrogen-bond acceptors (Lipinski definition) is 2. The van der Waals surface area contributed by atoms with Gasteiger partial charge in [-0.15, -0.1) is 0 Å². The summed E-state index contributed by atoms with van der Waals surface area (Å²) in [6.07, 6.45) is -0.595. The third kappa shape index (κ3) is 4.76. The number of nitrogens with one attached hydrogen (secondary N) is 1. The van der Waals surface area contributed by atoms with Crippen molar-refractivity contribution in [3.8, 4) is 5.75 Å². The lowest BCUT2D eigenvalue weighted by molar-refractivity contribution is -0.127. The maximum Gasteiger partial charge on any atom is 0.261 e. The molecular weight excluding hydrogens is 334 g/mol. The van der Waals surface area contributed by atoms with E-state index in [1.165, 1.54) is 0 Å². The molecule has 0 saturated heterocycles. The van der Waals surface area contributed by atoms with E-state index in [1.54, 1.807) is 6.92 Å². The number of rotatable bonds is 6. The quantitative estimate of drug-likeness (QED) is 0.674. The Morgan fingerprint density at radius 1 is 0.889 bits per heavy atom. The van der Waals surface area contributed by atoms with Gasteiger partial charge in [-0.3, -0.25) is 4.79 Å². The van der Waals surface area contributed by atoms with Gasteiger partial charge >= 0.3 is 0 Å². The van der Waals surface area contributed by atoms with Gasteiger partial charge in [0, 0.05) is 0 Å². The van der Waals surface area contributed by atoms with Gasteiger partial charge in [0.05, 0.1) is 6.04 Å². The van der Waals surface area contributed by atoms with E-state index >= 15 is 0 Å². The van der Waals surface area contributed by atoms with Crippen LogP contribution in [0.4, 0.5) is 0 Å². The number of amides is 1. The van der Waals surface area contributed by atoms with E-state index in [2.05, 4.69) is 24.4 Å². The second-order valence-electron chi connectivity index (χ2n) is 6.79. The average molecular weight is 359 g/mol. The topological polar surface area (TPSA) is 38.3 Å². The fourth-order valence-corrected chi connectivity index (χ4v) is 3.10. The molecule has 3 aromatic rings. The minimum Gasteiger partial charge on any atom is -0.481 e. The summed E-state index contributed by atoms with van der Waals surface area (Å²) < 4.78 is 5.85. The lowest BCUT2D eigenvalue weighted by Crippen LogP contribution is -2.39. The predicted molar refractivity (Wildman–Crippen MR) is 109 cm³/mol. The molecule has 0 fully saturated rings. The largest absolute Gasteiger partial charge is 0.481 e. The fourth-order valence-electron chi connectivity index (χ4n) is 3.10. The molecule has 1 N–H and O–H groups in total. The Morgan fingerprint density at radius 3 is 2.30 bits per heavy atom. The Labute approximate surface area is 161 Å². The molecule has 3 aromatic carbocycles. The first-order chi connectivity index (χ1) is 13.0. The number of benzene rings is 3. The summed E-state index contributed by atoms with van der Waals surface area (Å²) in [5, 5.41) is 3.16. The summed E-state index contributed by atoms with van der Waals surface area (Å²) >= 11 is 0. The molecule has 27 heavy (non-hydrogen) atoms. The molecule has 0 aliphatic heterocycles. The predicted octanol–water partition coefficient (Wildman–Crippen LogP) is 4.98. The smallest absolute Gasteiger partial charge is 0.261 e. The highest BCUT2D eigenvalue weighted by atomic mass is 16.5. The first-order valence-corrected chi connectivity index (χ1v) is 9.19. The molecule has 3 rings (SSSR count). The molecule has 3 heteroatoms. The summed E-state index contributed by atoms with van der Waals surface area (Å²) in [5.41, 5.74) is 4.36. The van der Waals surface area contributed by atoms with Crippen LogP contribution in [0.2, 0.25) is 0 Å². The molecule has 0 aliphatic carbocycles. The lowest BCUT2D eigenvalue weighted by atomic mass is 9.95. The number of ether oxygens (including phenoxy) is 1. The minimum atomic E-state index is -0.595. The van der Waals surface area contributed by atoms with Crippen LogP contribution in [0.5, 0.6) is 5.75 Å². The van der Waals surface area contributed by atoms with Crippen LogP contribution in [0.25, 0.3) is 0 Å². The molecule has 0 heterocycles. The Hall–Kier alpha value is -3.07. The standard InChI is InChI=1S/C24H25NO2/c1-17-10-9-14-21(16-17)27-19(3)24(26)25-23(20-12-5-4-6-13-20)22-15-8-7-11-18(22)2/h4-16,19,23H,1-3H3,(H,25,26)/t19-,23-/m0/s1. The average Bonchev–Trinajstić information content (AvgIpc) is 2.67. The SMILES string of the molecule is Cc1cccc(O[C@@H](C)C(=O)N[C@@H](c2ccccc2)c2ccccc2C)c1. The van der Waals surface area contributed by atoms with E-state index in [0.29, 0.717) is 5.75 Å². The number of carbonyl (C=O) groups excluding carboxylic acids is 1. The highest BCUT2D eigenvalue weighted by Gasteiger charge is 2.22. The summed E-state index contributed by atoms with van der Waals surface area (Å²) in [6, 6.07) is 25.6. The van der Waals surface area contributed by atoms with Crippen molar-refractivity contribution in [2.75, 3.05) is 0 Å². The number of aryl methyl sites for hydroxylation is 2. The van der Waals surface area contributed by atoms with E-state index in [4.69, 9.17) is 4.74 Å². The first kappa shape index (κ1) is 18.7. The molecule has 0 aliphatic rings. The van der Waals surface area contributed by atoms with Gasteiger partial charge in [-0.2, -0.15) is 0 Å². The van der Waals surface area contributed by atoms with Crippen LogP contribution in [-0.4, -0.2) is 12.0 Å². The van der Waals surface area contributed by atoms with Crippen LogP contribution in [0.15, 0.2) is 78.9 Å². The Kier molecular flexibility index (Phi) is 5.92. The summed E-state index contributed by atoms with van der Waals surface area (Å²) in [6.45, 7) is 5.84. The van der Waals surface area contributed by atoms with Crippen molar-refractivity contribution in [1.29, 1.82) is 0 Å². The van der Waals surface area contributed by atoms with Crippen LogP contribution in [0.3, 0.4) is 0 Å². The minimum absolute atomic E-state index is 0.145. The van der Waals surface area contributed by atoms with Gasteiger partial charge in [-0.05, 0) is 55.2 Å². The van der Waals surface area contributed by atoms with Gasteiger partial charge in [0.15, 0.2) is 6.10 Å². The van der Waals surface area contributed by atoms with Crippen molar-refractivity contribution in [2.45, 2.75) is 32.9 Å². The molecule has 1 amide bonds. The van der Waals surface area contributed by atoms with Crippen molar-refractivity contribution in [1.82, 2.24) is 5.32 Å². The second kappa shape index (κ2) is 8.54. The van der Waals surface area contributed by atoms with Crippen LogP contribution in [0.1, 0.15) is 35.2 Å². The maximum atomic E-state index is 12.9. The monoisotopic (exact) mass is 359 g/mol. The Morgan fingerprint density at radius 2 is 1.59 bits per heavy atom. The van der Waals surface area contributed by atoms with Crippen LogP contribution < -0.4 is 10.1 Å². The highest BCUT2D eigenvalue weighted by Crippen LogP contribution is 2.25. The zero-order valence-electron chi connectivity index (χ0n) is 16.0. The summed E-state index contributed by atoms with van der Waals surface area (Å²) in [5.74, 6) is 0.554. The molecule has 2 atom stereocenters. The summed E-state index contributed by atoms with van der Waals surface area (Å²) in [4.78, 5) is 12.9. The molecule has 3 nitrogen and oxygen atoms in total. The van der Waals surface area contributed by atoms with E-state index in [9.17, 15) is 4.79 Å². The van der Waals surface area contributed by atoms with Crippen molar-refractivity contribution in [3.63, 3.8) is 0 Å². The van der Waals surface area contributed by atoms with Gasteiger partial charge in [-0.25, -0.2) is 0 Å². The number of carbonyl (C=O) groups is 1. The van der Waals surface area contributed by atoms with E-state index < -0.39 is 6.10 Å². The molecule has 0 bridgehead atoms. The van der Waals surface area contributed by atoms with Gasteiger partial charge in [0.2, 0.25) is 0 Å². The van der Waals surface area contributed by atoms with E-state index in [0.717, 1.165) is 22.3 Å². The molecule has 0 radical (unpaired) electrons. The van der Waals surface area contributed by atoms with Crippen LogP contribution >= 0.6 is 0 Å². The zero-order chi connectivity index (χ0) is 19.2. The molecule has 138 valence electrons. The lowest BCUT2D eigenvalue weighted by Gasteiger charge is -2.24. The molecule has 0 spiro atoms. The third-order valence-corrected chi connectivity index (χ3v) is 4.59. The fraction of sp³-hybridized carbons (Fsp3) is 0.208. The van der Waals surface area contributed by atoms with Crippen molar-refractivity contribution in [2.24, 2.45) is 0 Å². The van der Waals surface area contributed by atoms with Crippen LogP contribution in [0, 0.1) is 13.8 Å². The normalized spacial score (nSPS) is 12.9. The Bertz CT molecular complexity index is 905. The molecule has 0 aromatic heterocycles. The first-order valence-electron chi connectivity index (χ1n) is 9.19. The maximum absolute atomic E-state index is 12.9. The van der Waals surface area contributed by atoms with Gasteiger partial charge < -0.3 is 10.1 Å². The zero-order valence-corrected chi connectivity index (χ0v) is 16.0. The van der Waals surface area contributed by atoms with Crippen LogP contribution in [-0.2, 0) is 4.79 Å². The van der Waals surface area contributed by atoms with Gasteiger partial charge in [0.1, 0.15) is 5.75 Å². The molecule has 0 saturated carbocycles. The Balaban J connectivity index is 1.81. The van der Waals surface area contributed by atoms with E-state index in [-0.39, 0.29) is 11.9 Å². The summed E-state index contributed by atoms with van der Waals surface area (Å²) in [7, 11) is 0. The van der Waals surface area contributed by atoms with E-state index in [1.807, 2.05) is 73.7 Å². The number of hydrogen-bond donors (Lipinski definition) is 1. The van der Waals surface area contributed by atoms with Gasteiger partial charge in [-0.1, -0.05) is 66.7 Å².